The van der Waals surface area contributed by atoms with Gasteiger partial charge in [0.25, 0.3) is 0 Å². The number of rotatable bonds is 2. The molecule has 2 fully saturated rings. The van der Waals surface area contributed by atoms with Gasteiger partial charge in [0.1, 0.15) is 6.04 Å². The van der Waals surface area contributed by atoms with E-state index < -0.39 is 6.04 Å². The number of likely N-dealkylation sites (tertiary alicyclic amines) is 1. The molecule has 2 rings (SSSR count). The van der Waals surface area contributed by atoms with Crippen LogP contribution >= 0.6 is 0 Å². The number of nitrogens with two attached hydrogens (primary N) is 1. The molecule has 2 N–H and O–H groups in total. The number of hydrogen-bond acceptors (Lipinski definition) is 3. The Kier molecular flexibility index (Phi) is 3.03. The minimum absolute atomic E-state index is 0.0388. The van der Waals surface area contributed by atoms with E-state index in [4.69, 9.17) is 10.5 Å². The van der Waals surface area contributed by atoms with Crippen molar-refractivity contribution in [2.45, 2.75) is 37.8 Å². The van der Waals surface area contributed by atoms with Gasteiger partial charge in [0.15, 0.2) is 0 Å². The van der Waals surface area contributed by atoms with Crippen LogP contribution in [0.4, 0.5) is 0 Å². The molecule has 2 atom stereocenters. The van der Waals surface area contributed by atoms with Crippen LogP contribution in [0.3, 0.4) is 0 Å². The maximum atomic E-state index is 11.9. The van der Waals surface area contributed by atoms with Crippen LogP contribution < -0.4 is 5.73 Å². The van der Waals surface area contributed by atoms with E-state index >= 15 is 0 Å². The molecule has 0 aromatic carbocycles. The van der Waals surface area contributed by atoms with E-state index in [0.29, 0.717) is 0 Å². The Bertz CT molecular complexity index is 208. The molecule has 0 aliphatic carbocycles. The molecule has 14 heavy (non-hydrogen) atoms. The Morgan fingerprint density at radius 2 is 2.07 bits per heavy atom. The Morgan fingerprint density at radius 1 is 1.36 bits per heavy atom. The largest absolute Gasteiger partial charge is 0.376 e. The van der Waals surface area contributed by atoms with E-state index in [0.717, 1.165) is 45.4 Å². The molecule has 2 aliphatic rings. The number of carbonyl (C=O) groups excluding carboxylic acids is 1. The van der Waals surface area contributed by atoms with Gasteiger partial charge in [-0.15, -0.1) is 0 Å². The number of carbonyl (C=O) groups is 1. The fourth-order valence-corrected chi connectivity index (χ4v) is 2.19. The van der Waals surface area contributed by atoms with Crippen LogP contribution in [0, 0.1) is 0 Å². The Morgan fingerprint density at radius 3 is 2.64 bits per heavy atom. The molecule has 0 spiro atoms. The van der Waals surface area contributed by atoms with Crippen LogP contribution in [0.15, 0.2) is 0 Å². The quantitative estimate of drug-likeness (QED) is 0.685. The topological polar surface area (TPSA) is 55.6 Å². The van der Waals surface area contributed by atoms with E-state index in [1.165, 1.54) is 0 Å². The van der Waals surface area contributed by atoms with Crippen LogP contribution in [0.2, 0.25) is 0 Å². The van der Waals surface area contributed by atoms with Crippen LogP contribution in [-0.4, -0.2) is 42.6 Å². The standard InChI is InChI=1S/C10H18N2O2/c11-9(8-4-3-7-14-8)10(13)12-5-1-2-6-12/h8-9H,1-7,11H2. The van der Waals surface area contributed by atoms with Crippen LogP contribution in [0.5, 0.6) is 0 Å². The molecule has 1 amide bonds. The molecule has 0 saturated carbocycles. The van der Waals surface area contributed by atoms with E-state index in [1.54, 1.807) is 0 Å². The summed E-state index contributed by atoms with van der Waals surface area (Å²) >= 11 is 0. The average Bonchev–Trinajstić information content (AvgIpc) is 2.87. The number of amides is 1. The predicted octanol–water partition coefficient (Wildman–Crippen LogP) is 0.115. The number of nitrogens with zero attached hydrogens (tertiary/aromatic N) is 1. The van der Waals surface area contributed by atoms with Crippen molar-refractivity contribution < 1.29 is 9.53 Å². The van der Waals surface area contributed by atoms with Gasteiger partial charge in [-0.1, -0.05) is 0 Å². The summed E-state index contributed by atoms with van der Waals surface area (Å²) in [5.74, 6) is 0.0781. The van der Waals surface area contributed by atoms with E-state index in [2.05, 4.69) is 0 Å². The summed E-state index contributed by atoms with van der Waals surface area (Å²) in [5.41, 5.74) is 5.89. The number of hydrogen-bond donors (Lipinski definition) is 1. The molecule has 2 saturated heterocycles. The van der Waals surface area contributed by atoms with Crippen LogP contribution in [0.1, 0.15) is 25.7 Å². The van der Waals surface area contributed by atoms with Crippen molar-refractivity contribution in [2.75, 3.05) is 19.7 Å². The van der Waals surface area contributed by atoms with Crippen molar-refractivity contribution >= 4 is 5.91 Å². The van der Waals surface area contributed by atoms with Crippen LogP contribution in [0.25, 0.3) is 0 Å². The summed E-state index contributed by atoms with van der Waals surface area (Å²) in [6, 6.07) is -0.435. The summed E-state index contributed by atoms with van der Waals surface area (Å²) in [7, 11) is 0. The molecule has 2 heterocycles. The molecule has 4 nitrogen and oxygen atoms in total. The van der Waals surface area contributed by atoms with Crippen molar-refractivity contribution in [3.05, 3.63) is 0 Å². The lowest BCUT2D eigenvalue weighted by Gasteiger charge is -2.23. The lowest BCUT2D eigenvalue weighted by molar-refractivity contribution is -0.134. The summed E-state index contributed by atoms with van der Waals surface area (Å²) in [6.45, 7) is 2.50. The first-order chi connectivity index (χ1) is 6.79. The number of ether oxygens (including phenoxy) is 1. The van der Waals surface area contributed by atoms with Crippen molar-refractivity contribution in [1.82, 2.24) is 4.90 Å². The van der Waals surface area contributed by atoms with Crippen molar-refractivity contribution in [2.24, 2.45) is 5.73 Å². The van der Waals surface area contributed by atoms with Gasteiger partial charge in [0.2, 0.25) is 5.91 Å². The van der Waals surface area contributed by atoms with Gasteiger partial charge in [-0.2, -0.15) is 0 Å². The van der Waals surface area contributed by atoms with E-state index in [1.807, 2.05) is 4.90 Å². The molecule has 0 aromatic heterocycles. The molecule has 2 unspecified atom stereocenters. The summed E-state index contributed by atoms with van der Waals surface area (Å²) < 4.78 is 5.42. The molecule has 0 radical (unpaired) electrons. The molecular formula is C10H18N2O2. The zero-order valence-corrected chi connectivity index (χ0v) is 8.45. The van der Waals surface area contributed by atoms with Gasteiger partial charge in [0, 0.05) is 19.7 Å². The van der Waals surface area contributed by atoms with Gasteiger partial charge < -0.3 is 15.4 Å². The normalized spacial score (nSPS) is 29.5. The zero-order valence-electron chi connectivity index (χ0n) is 8.45. The summed E-state index contributed by atoms with van der Waals surface area (Å²) in [4.78, 5) is 13.7. The molecule has 0 aromatic rings. The fourth-order valence-electron chi connectivity index (χ4n) is 2.19. The van der Waals surface area contributed by atoms with Crippen molar-refractivity contribution in [3.63, 3.8) is 0 Å². The minimum Gasteiger partial charge on any atom is -0.376 e. The zero-order chi connectivity index (χ0) is 9.97. The maximum absolute atomic E-state index is 11.9. The SMILES string of the molecule is NC(C(=O)N1CCCC1)C1CCCO1. The highest BCUT2D eigenvalue weighted by molar-refractivity contribution is 5.82. The van der Waals surface area contributed by atoms with Gasteiger partial charge in [0.05, 0.1) is 6.10 Å². The first-order valence-electron chi connectivity index (χ1n) is 5.45. The predicted molar refractivity (Wildman–Crippen MR) is 52.8 cm³/mol. The second kappa shape index (κ2) is 4.28. The highest BCUT2D eigenvalue weighted by Gasteiger charge is 2.32. The van der Waals surface area contributed by atoms with Crippen molar-refractivity contribution in [1.29, 1.82) is 0 Å². The first kappa shape index (κ1) is 9.93. The Hall–Kier alpha value is -0.610. The molecule has 80 valence electrons. The summed E-state index contributed by atoms with van der Waals surface area (Å²) in [5, 5.41) is 0. The monoisotopic (exact) mass is 198 g/mol. The smallest absolute Gasteiger partial charge is 0.242 e. The van der Waals surface area contributed by atoms with Crippen molar-refractivity contribution in [3.8, 4) is 0 Å². The van der Waals surface area contributed by atoms with Crippen LogP contribution in [-0.2, 0) is 9.53 Å². The lowest BCUT2D eigenvalue weighted by atomic mass is 10.1. The van der Waals surface area contributed by atoms with Gasteiger partial charge in [-0.3, -0.25) is 4.79 Å². The van der Waals surface area contributed by atoms with Gasteiger partial charge in [-0.25, -0.2) is 0 Å². The highest BCUT2D eigenvalue weighted by Crippen LogP contribution is 2.17. The van der Waals surface area contributed by atoms with Gasteiger partial charge >= 0.3 is 0 Å². The molecule has 0 bridgehead atoms. The van der Waals surface area contributed by atoms with Gasteiger partial charge in [-0.05, 0) is 25.7 Å². The second-order valence-corrected chi connectivity index (χ2v) is 4.11. The first-order valence-corrected chi connectivity index (χ1v) is 5.45. The Balaban J connectivity index is 1.89. The minimum atomic E-state index is -0.435. The average molecular weight is 198 g/mol. The maximum Gasteiger partial charge on any atom is 0.242 e. The molecule has 4 heteroatoms. The third-order valence-corrected chi connectivity index (χ3v) is 3.07. The summed E-state index contributed by atoms with van der Waals surface area (Å²) in [6.07, 6.45) is 4.16. The van der Waals surface area contributed by atoms with E-state index in [-0.39, 0.29) is 12.0 Å². The highest BCUT2D eigenvalue weighted by atomic mass is 16.5. The third-order valence-electron chi connectivity index (χ3n) is 3.07. The lowest BCUT2D eigenvalue weighted by Crippen LogP contribution is -2.49. The molecular weight excluding hydrogens is 180 g/mol. The third kappa shape index (κ3) is 1.91. The second-order valence-electron chi connectivity index (χ2n) is 4.11. The Labute approximate surface area is 84.4 Å². The van der Waals surface area contributed by atoms with E-state index in [9.17, 15) is 4.79 Å². The fraction of sp³-hybridized carbons (Fsp3) is 0.900. The molecule has 2 aliphatic heterocycles.